The third kappa shape index (κ3) is 1.45. The zero-order valence-electron chi connectivity index (χ0n) is 9.06. The van der Waals surface area contributed by atoms with E-state index in [4.69, 9.17) is 5.11 Å². The lowest BCUT2D eigenvalue weighted by atomic mass is 9.69. The predicted octanol–water partition coefficient (Wildman–Crippen LogP) is 1.83. The lowest BCUT2D eigenvalue weighted by molar-refractivity contribution is -0.148. The Morgan fingerprint density at radius 2 is 1.94 bits per heavy atom. The highest BCUT2D eigenvalue weighted by molar-refractivity contribution is 5.91. The number of rotatable bonds is 3. The molecule has 0 aromatic heterocycles. The minimum absolute atomic E-state index is 0.101. The first-order chi connectivity index (χ1) is 7.48. The van der Waals surface area contributed by atoms with Crippen molar-refractivity contribution >= 4 is 11.9 Å². The lowest BCUT2D eigenvalue weighted by Gasteiger charge is -2.33. The summed E-state index contributed by atoms with van der Waals surface area (Å²) in [6.07, 6.45) is 5.03. The molecule has 0 heterocycles. The Balaban J connectivity index is 2.41. The zero-order valence-corrected chi connectivity index (χ0v) is 9.06. The summed E-state index contributed by atoms with van der Waals surface area (Å²) in [5.41, 5.74) is -0.00458. The van der Waals surface area contributed by atoms with Gasteiger partial charge in [0.1, 0.15) is 0 Å². The van der Waals surface area contributed by atoms with Gasteiger partial charge in [-0.05, 0) is 32.1 Å². The molecule has 0 aliphatic heterocycles. The van der Waals surface area contributed by atoms with Crippen LogP contribution in [0.2, 0.25) is 0 Å². The third-order valence-corrected chi connectivity index (χ3v) is 3.64. The fraction of sp³-hybridized carbons (Fsp3) is 0.500. The van der Waals surface area contributed by atoms with Gasteiger partial charge >= 0.3 is 11.9 Å². The summed E-state index contributed by atoms with van der Waals surface area (Å²) in [4.78, 5) is 22.4. The number of carboxylic acids is 2. The van der Waals surface area contributed by atoms with Crippen LogP contribution >= 0.6 is 0 Å². The molecule has 0 amide bonds. The van der Waals surface area contributed by atoms with Crippen molar-refractivity contribution in [1.82, 2.24) is 0 Å². The smallest absolute Gasteiger partial charge is 0.331 e. The van der Waals surface area contributed by atoms with Gasteiger partial charge in [-0.2, -0.15) is 0 Å². The summed E-state index contributed by atoms with van der Waals surface area (Å²) in [5.74, 6) is -1.81. The summed E-state index contributed by atoms with van der Waals surface area (Å²) in [7, 11) is 0. The molecule has 1 saturated carbocycles. The minimum Gasteiger partial charge on any atom is -0.481 e. The number of hydrogen-bond acceptors (Lipinski definition) is 2. The molecule has 0 radical (unpaired) electrons. The van der Waals surface area contributed by atoms with Crippen molar-refractivity contribution in [2.75, 3.05) is 0 Å². The van der Waals surface area contributed by atoms with Gasteiger partial charge < -0.3 is 10.2 Å². The maximum Gasteiger partial charge on any atom is 0.331 e. The Hall–Kier alpha value is -1.58. The Kier molecular flexibility index (Phi) is 2.37. The molecule has 1 fully saturated rings. The average Bonchev–Trinajstić information content (AvgIpc) is 3.01. The number of carbonyl (C=O) groups is 2. The molecule has 4 heteroatoms. The van der Waals surface area contributed by atoms with E-state index in [9.17, 15) is 14.7 Å². The molecule has 0 aromatic carbocycles. The molecule has 2 rings (SSSR count). The van der Waals surface area contributed by atoms with Crippen LogP contribution < -0.4 is 0 Å². The quantitative estimate of drug-likeness (QED) is 0.763. The van der Waals surface area contributed by atoms with Crippen LogP contribution in [-0.4, -0.2) is 22.2 Å². The van der Waals surface area contributed by atoms with Crippen LogP contribution in [0.15, 0.2) is 23.3 Å². The predicted molar refractivity (Wildman–Crippen MR) is 56.9 cm³/mol. The average molecular weight is 222 g/mol. The van der Waals surface area contributed by atoms with Crippen LogP contribution in [0.5, 0.6) is 0 Å². The van der Waals surface area contributed by atoms with Crippen molar-refractivity contribution in [3.05, 3.63) is 23.3 Å². The molecule has 2 aliphatic rings. The normalized spacial score (nSPS) is 29.3. The highest BCUT2D eigenvalue weighted by atomic mass is 16.4. The van der Waals surface area contributed by atoms with Crippen molar-refractivity contribution in [2.45, 2.75) is 26.2 Å². The molecular formula is C12H14O4. The van der Waals surface area contributed by atoms with Gasteiger partial charge in [0.2, 0.25) is 0 Å². The van der Waals surface area contributed by atoms with Gasteiger partial charge in [-0.1, -0.05) is 17.7 Å². The second kappa shape index (κ2) is 3.47. The molecule has 4 nitrogen and oxygen atoms in total. The Bertz CT molecular complexity index is 415. The van der Waals surface area contributed by atoms with E-state index in [1.807, 2.05) is 0 Å². The number of allylic oxidation sites excluding steroid dienone is 2. The van der Waals surface area contributed by atoms with E-state index in [1.54, 1.807) is 13.0 Å². The standard InChI is InChI=1S/C12H14O4/c1-7-2-3-8(10(13)14)6-12(7,11(15)16)9-4-5-9/h2-3,9H,4-6H2,1H3,(H,13,14)(H,15,16). The largest absolute Gasteiger partial charge is 0.481 e. The minimum atomic E-state index is -1.02. The molecule has 86 valence electrons. The van der Waals surface area contributed by atoms with Gasteiger partial charge in [-0.15, -0.1) is 0 Å². The van der Waals surface area contributed by atoms with Crippen LogP contribution in [-0.2, 0) is 9.59 Å². The van der Waals surface area contributed by atoms with Gasteiger partial charge in [-0.25, -0.2) is 4.79 Å². The maximum atomic E-state index is 11.5. The fourth-order valence-electron chi connectivity index (χ4n) is 2.48. The van der Waals surface area contributed by atoms with Gasteiger partial charge in [-0.3, -0.25) is 4.79 Å². The lowest BCUT2D eigenvalue weighted by Crippen LogP contribution is -2.37. The molecular weight excluding hydrogens is 208 g/mol. The van der Waals surface area contributed by atoms with E-state index in [0.29, 0.717) is 0 Å². The van der Waals surface area contributed by atoms with Gasteiger partial charge in [0, 0.05) is 5.57 Å². The highest BCUT2D eigenvalue weighted by Crippen LogP contribution is 2.54. The van der Waals surface area contributed by atoms with Crippen molar-refractivity contribution in [3.63, 3.8) is 0 Å². The van der Waals surface area contributed by atoms with Crippen LogP contribution in [0.1, 0.15) is 26.2 Å². The van der Waals surface area contributed by atoms with E-state index >= 15 is 0 Å². The second-order valence-corrected chi connectivity index (χ2v) is 4.57. The highest BCUT2D eigenvalue weighted by Gasteiger charge is 2.53. The summed E-state index contributed by atoms with van der Waals surface area (Å²) in [5, 5.41) is 18.4. The van der Waals surface area contributed by atoms with Gasteiger partial charge in [0.05, 0.1) is 5.41 Å². The summed E-state index contributed by atoms with van der Waals surface area (Å²) < 4.78 is 0. The topological polar surface area (TPSA) is 74.6 Å². The number of hydrogen-bond donors (Lipinski definition) is 2. The molecule has 2 N–H and O–H groups in total. The fourth-order valence-corrected chi connectivity index (χ4v) is 2.48. The van der Waals surface area contributed by atoms with E-state index in [-0.39, 0.29) is 17.9 Å². The molecule has 0 bridgehead atoms. The maximum absolute atomic E-state index is 11.5. The molecule has 1 unspecified atom stereocenters. The molecule has 2 aliphatic carbocycles. The summed E-state index contributed by atoms with van der Waals surface area (Å²) in [6, 6.07) is 0. The zero-order chi connectivity index (χ0) is 11.9. The molecule has 16 heavy (non-hydrogen) atoms. The van der Waals surface area contributed by atoms with E-state index < -0.39 is 17.4 Å². The summed E-state index contributed by atoms with van der Waals surface area (Å²) in [6.45, 7) is 1.78. The van der Waals surface area contributed by atoms with Gasteiger partial charge in [0.15, 0.2) is 0 Å². The van der Waals surface area contributed by atoms with Crippen molar-refractivity contribution in [3.8, 4) is 0 Å². The monoisotopic (exact) mass is 222 g/mol. The first-order valence-electron chi connectivity index (χ1n) is 5.33. The second-order valence-electron chi connectivity index (χ2n) is 4.57. The van der Waals surface area contributed by atoms with E-state index in [0.717, 1.165) is 18.4 Å². The van der Waals surface area contributed by atoms with Crippen molar-refractivity contribution in [2.24, 2.45) is 11.3 Å². The molecule has 0 spiro atoms. The van der Waals surface area contributed by atoms with Crippen LogP contribution in [0.25, 0.3) is 0 Å². The number of aliphatic carboxylic acids is 2. The first kappa shape index (κ1) is 10.9. The molecule has 0 aromatic rings. The SMILES string of the molecule is CC1=CC=C(C(=O)O)CC1(C(=O)O)C1CC1. The van der Waals surface area contributed by atoms with Crippen LogP contribution in [0, 0.1) is 11.3 Å². The van der Waals surface area contributed by atoms with E-state index in [2.05, 4.69) is 0 Å². The molecule has 0 saturated heterocycles. The Morgan fingerprint density at radius 3 is 2.38 bits per heavy atom. The summed E-state index contributed by atoms with van der Waals surface area (Å²) >= 11 is 0. The molecule has 1 atom stereocenters. The Morgan fingerprint density at radius 1 is 1.31 bits per heavy atom. The third-order valence-electron chi connectivity index (χ3n) is 3.64. The van der Waals surface area contributed by atoms with E-state index in [1.165, 1.54) is 6.08 Å². The van der Waals surface area contributed by atoms with Crippen molar-refractivity contribution in [1.29, 1.82) is 0 Å². The first-order valence-corrected chi connectivity index (χ1v) is 5.33. The Labute approximate surface area is 93.3 Å². The van der Waals surface area contributed by atoms with Crippen LogP contribution in [0.3, 0.4) is 0 Å². The van der Waals surface area contributed by atoms with Crippen molar-refractivity contribution < 1.29 is 19.8 Å². The van der Waals surface area contributed by atoms with Gasteiger partial charge in [0.25, 0.3) is 0 Å². The van der Waals surface area contributed by atoms with Crippen LogP contribution in [0.4, 0.5) is 0 Å². The number of carboxylic acid groups (broad SMARTS) is 2.